The molecule has 0 radical (unpaired) electrons. The molecule has 0 amide bonds. The summed E-state index contributed by atoms with van der Waals surface area (Å²) in [7, 11) is 3.80. The Labute approximate surface area is 101 Å². The van der Waals surface area contributed by atoms with Crippen LogP contribution in [0.4, 0.5) is 5.69 Å². The first-order valence-corrected chi connectivity index (χ1v) is 5.62. The number of carboxylic acids is 1. The van der Waals surface area contributed by atoms with Gasteiger partial charge < -0.3 is 15.3 Å². The van der Waals surface area contributed by atoms with E-state index in [1.165, 1.54) is 6.20 Å². The summed E-state index contributed by atoms with van der Waals surface area (Å²) in [5.74, 6) is -0.937. The van der Waals surface area contributed by atoms with Crippen LogP contribution in [0.1, 0.15) is 22.5 Å². The van der Waals surface area contributed by atoms with E-state index in [0.717, 1.165) is 30.9 Å². The fraction of sp³-hybridized carbons (Fsp3) is 0.500. The van der Waals surface area contributed by atoms with Crippen LogP contribution in [-0.2, 0) is 0 Å². The van der Waals surface area contributed by atoms with Crippen molar-refractivity contribution in [3.63, 3.8) is 0 Å². The van der Waals surface area contributed by atoms with Gasteiger partial charge in [0.2, 0.25) is 0 Å². The molecule has 0 bridgehead atoms. The van der Waals surface area contributed by atoms with Crippen LogP contribution >= 0.6 is 0 Å². The molecule has 0 unspecified atom stereocenters. The van der Waals surface area contributed by atoms with Crippen molar-refractivity contribution in [2.45, 2.75) is 13.3 Å². The molecule has 5 heteroatoms. The Morgan fingerprint density at radius 2 is 2.29 bits per heavy atom. The fourth-order valence-corrected chi connectivity index (χ4v) is 1.64. The summed E-state index contributed by atoms with van der Waals surface area (Å²) >= 11 is 0. The Morgan fingerprint density at radius 1 is 1.59 bits per heavy atom. The van der Waals surface area contributed by atoms with Crippen molar-refractivity contribution in [3.8, 4) is 0 Å². The van der Waals surface area contributed by atoms with Gasteiger partial charge in [-0.05, 0) is 33.0 Å². The second kappa shape index (κ2) is 6.20. The lowest BCUT2D eigenvalue weighted by Crippen LogP contribution is -2.24. The normalized spacial score (nSPS) is 10.3. The first kappa shape index (κ1) is 13.4. The lowest BCUT2D eigenvalue weighted by molar-refractivity contribution is 0.0697. The second-order valence-electron chi connectivity index (χ2n) is 4.03. The molecular weight excluding hydrogens is 218 g/mol. The molecule has 1 aromatic rings. The van der Waals surface area contributed by atoms with E-state index in [2.05, 4.69) is 10.3 Å². The molecule has 0 aromatic carbocycles. The number of aromatic carboxylic acids is 1. The number of hydrogen-bond donors (Lipinski definition) is 2. The zero-order valence-electron chi connectivity index (χ0n) is 10.5. The summed E-state index contributed by atoms with van der Waals surface area (Å²) in [6, 6.07) is 1.81. The van der Waals surface area contributed by atoms with Crippen molar-refractivity contribution in [2.75, 3.05) is 32.1 Å². The van der Waals surface area contributed by atoms with Crippen LogP contribution < -0.4 is 10.2 Å². The molecule has 94 valence electrons. The predicted octanol–water partition coefficient (Wildman–Crippen LogP) is 1.13. The van der Waals surface area contributed by atoms with Gasteiger partial charge in [0, 0.05) is 25.5 Å². The highest BCUT2D eigenvalue weighted by atomic mass is 16.4. The number of aryl methyl sites for hydroxylation is 1. The molecule has 0 aliphatic rings. The topological polar surface area (TPSA) is 65.5 Å². The van der Waals surface area contributed by atoms with E-state index in [0.29, 0.717) is 0 Å². The van der Waals surface area contributed by atoms with Crippen LogP contribution in [0.25, 0.3) is 0 Å². The Morgan fingerprint density at radius 3 is 2.88 bits per heavy atom. The summed E-state index contributed by atoms with van der Waals surface area (Å²) in [4.78, 5) is 17.1. The van der Waals surface area contributed by atoms with Gasteiger partial charge in [0.1, 0.15) is 5.56 Å². The Balaban J connectivity index is 2.86. The van der Waals surface area contributed by atoms with Gasteiger partial charge in [0.25, 0.3) is 0 Å². The summed E-state index contributed by atoms with van der Waals surface area (Å²) in [6.07, 6.45) is 2.38. The molecule has 0 atom stereocenters. The molecule has 1 rings (SSSR count). The molecule has 1 heterocycles. The minimum atomic E-state index is -0.937. The Bertz CT molecular complexity index is 393. The van der Waals surface area contributed by atoms with Crippen LogP contribution in [0.2, 0.25) is 0 Å². The first-order valence-electron chi connectivity index (χ1n) is 5.62. The van der Waals surface area contributed by atoms with Crippen molar-refractivity contribution >= 4 is 11.7 Å². The van der Waals surface area contributed by atoms with E-state index in [1.807, 2.05) is 32.0 Å². The van der Waals surface area contributed by atoms with Crippen LogP contribution in [0.5, 0.6) is 0 Å². The Hall–Kier alpha value is -1.62. The van der Waals surface area contributed by atoms with Gasteiger partial charge >= 0.3 is 5.97 Å². The molecule has 5 nitrogen and oxygen atoms in total. The van der Waals surface area contributed by atoms with E-state index < -0.39 is 5.97 Å². The third-order valence-electron chi connectivity index (χ3n) is 2.58. The number of hydrogen-bond acceptors (Lipinski definition) is 4. The summed E-state index contributed by atoms with van der Waals surface area (Å²) < 4.78 is 0. The molecule has 0 saturated carbocycles. The second-order valence-corrected chi connectivity index (χ2v) is 4.03. The summed E-state index contributed by atoms with van der Waals surface area (Å²) in [5, 5.41) is 12.2. The van der Waals surface area contributed by atoms with Crippen molar-refractivity contribution in [1.29, 1.82) is 0 Å². The monoisotopic (exact) mass is 237 g/mol. The standard InChI is InChI=1S/C12H19N3O2/c1-9-7-11(10(8-14-9)12(16)17)15(3)6-4-5-13-2/h7-8,13H,4-6H2,1-3H3,(H,16,17). The van der Waals surface area contributed by atoms with Crippen LogP contribution in [0.15, 0.2) is 12.3 Å². The van der Waals surface area contributed by atoms with Crippen LogP contribution in [0.3, 0.4) is 0 Å². The largest absolute Gasteiger partial charge is 0.478 e. The SMILES string of the molecule is CNCCCN(C)c1cc(C)ncc1C(=O)O. The van der Waals surface area contributed by atoms with Crippen molar-refractivity contribution < 1.29 is 9.90 Å². The maximum atomic E-state index is 11.1. The molecular formula is C12H19N3O2. The maximum absolute atomic E-state index is 11.1. The van der Waals surface area contributed by atoms with Gasteiger partial charge in [0.05, 0.1) is 5.69 Å². The van der Waals surface area contributed by atoms with Crippen LogP contribution in [-0.4, -0.2) is 43.2 Å². The average Bonchev–Trinajstić information content (AvgIpc) is 2.28. The van der Waals surface area contributed by atoms with E-state index in [9.17, 15) is 4.79 Å². The summed E-state index contributed by atoms with van der Waals surface area (Å²) in [5.41, 5.74) is 1.80. The molecule has 0 fully saturated rings. The lowest BCUT2D eigenvalue weighted by atomic mass is 10.2. The molecule has 1 aromatic heterocycles. The minimum absolute atomic E-state index is 0.252. The van der Waals surface area contributed by atoms with E-state index in [-0.39, 0.29) is 5.56 Å². The number of anilines is 1. The zero-order valence-corrected chi connectivity index (χ0v) is 10.5. The Kier molecular flexibility index (Phi) is 4.90. The minimum Gasteiger partial charge on any atom is -0.478 e. The van der Waals surface area contributed by atoms with Crippen LogP contribution in [0, 0.1) is 6.92 Å². The molecule has 17 heavy (non-hydrogen) atoms. The van der Waals surface area contributed by atoms with Gasteiger partial charge in [-0.1, -0.05) is 0 Å². The highest BCUT2D eigenvalue weighted by Gasteiger charge is 2.13. The average molecular weight is 237 g/mol. The van der Waals surface area contributed by atoms with Gasteiger partial charge in [-0.25, -0.2) is 4.79 Å². The lowest BCUT2D eigenvalue weighted by Gasteiger charge is -2.21. The van der Waals surface area contributed by atoms with Gasteiger partial charge in [0.15, 0.2) is 0 Å². The van der Waals surface area contributed by atoms with E-state index in [4.69, 9.17) is 5.11 Å². The number of pyridine rings is 1. The number of aromatic nitrogens is 1. The predicted molar refractivity (Wildman–Crippen MR) is 67.7 cm³/mol. The zero-order chi connectivity index (χ0) is 12.8. The summed E-state index contributed by atoms with van der Waals surface area (Å²) in [6.45, 7) is 3.58. The molecule has 0 spiro atoms. The fourth-order valence-electron chi connectivity index (χ4n) is 1.64. The molecule has 2 N–H and O–H groups in total. The van der Waals surface area contributed by atoms with Gasteiger partial charge in [-0.15, -0.1) is 0 Å². The number of rotatable bonds is 6. The highest BCUT2D eigenvalue weighted by Crippen LogP contribution is 2.19. The van der Waals surface area contributed by atoms with Crippen molar-refractivity contribution in [1.82, 2.24) is 10.3 Å². The molecule has 0 aliphatic heterocycles. The quantitative estimate of drug-likeness (QED) is 0.726. The smallest absolute Gasteiger partial charge is 0.339 e. The van der Waals surface area contributed by atoms with Crippen molar-refractivity contribution in [2.24, 2.45) is 0 Å². The third-order valence-corrected chi connectivity index (χ3v) is 2.58. The van der Waals surface area contributed by atoms with Gasteiger partial charge in [-0.2, -0.15) is 0 Å². The number of carbonyl (C=O) groups is 1. The number of nitrogens with zero attached hydrogens (tertiary/aromatic N) is 2. The highest BCUT2D eigenvalue weighted by molar-refractivity contribution is 5.94. The first-order chi connectivity index (χ1) is 8.06. The van der Waals surface area contributed by atoms with E-state index >= 15 is 0 Å². The third kappa shape index (κ3) is 3.71. The number of carboxylic acid groups (broad SMARTS) is 1. The molecule has 0 saturated heterocycles. The van der Waals surface area contributed by atoms with E-state index in [1.54, 1.807) is 0 Å². The molecule has 0 aliphatic carbocycles. The number of nitrogens with one attached hydrogen (secondary N) is 1. The van der Waals surface area contributed by atoms with Gasteiger partial charge in [-0.3, -0.25) is 4.98 Å². The maximum Gasteiger partial charge on any atom is 0.339 e. The van der Waals surface area contributed by atoms with Crippen molar-refractivity contribution in [3.05, 3.63) is 23.5 Å².